The van der Waals surface area contributed by atoms with Gasteiger partial charge in [0.25, 0.3) is 0 Å². The minimum Gasteiger partial charge on any atom is -0.299 e. The minimum absolute atomic E-state index is 0.332. The van der Waals surface area contributed by atoms with Gasteiger partial charge in [0.2, 0.25) is 0 Å². The largest absolute Gasteiger partial charge is 0.299 e. The summed E-state index contributed by atoms with van der Waals surface area (Å²) in [6.07, 6.45) is 9.48. The summed E-state index contributed by atoms with van der Waals surface area (Å²) >= 11 is 0. The predicted molar refractivity (Wildman–Crippen MR) is 80.3 cm³/mol. The average molecular weight is 258 g/mol. The highest BCUT2D eigenvalue weighted by molar-refractivity contribution is 5.84. The van der Waals surface area contributed by atoms with E-state index in [0.717, 1.165) is 19.3 Å². The molecule has 0 amide bonds. The van der Waals surface area contributed by atoms with Crippen LogP contribution in [0.2, 0.25) is 0 Å². The van der Waals surface area contributed by atoms with Crippen LogP contribution < -0.4 is 0 Å². The van der Waals surface area contributed by atoms with Gasteiger partial charge in [-0.2, -0.15) is 0 Å². The topological polar surface area (TPSA) is 17.1 Å². The molecule has 2 rings (SSSR count). The lowest BCUT2D eigenvalue weighted by Crippen LogP contribution is -2.02. The van der Waals surface area contributed by atoms with Crippen LogP contribution in [0.25, 0.3) is 0 Å². The standard InChI is InChI=1S/C18H26O/c1-2-3-4-5-6-10-13-18(19)17-14-16(17)15-11-8-7-9-12-15/h7-9,11-12,16-17H,2-6,10,13-14H2,1H3. The first-order valence-corrected chi connectivity index (χ1v) is 7.90. The molecule has 1 nitrogen and oxygen atoms in total. The lowest BCUT2D eigenvalue weighted by molar-refractivity contribution is -0.120. The van der Waals surface area contributed by atoms with Crippen LogP contribution in [-0.4, -0.2) is 5.78 Å². The summed E-state index contributed by atoms with van der Waals surface area (Å²) in [5.74, 6) is 1.36. The highest BCUT2D eigenvalue weighted by atomic mass is 16.1. The van der Waals surface area contributed by atoms with E-state index in [4.69, 9.17) is 0 Å². The van der Waals surface area contributed by atoms with Gasteiger partial charge in [-0.15, -0.1) is 0 Å². The van der Waals surface area contributed by atoms with Gasteiger partial charge in [-0.1, -0.05) is 69.4 Å². The van der Waals surface area contributed by atoms with Crippen molar-refractivity contribution < 1.29 is 4.79 Å². The number of unbranched alkanes of at least 4 members (excludes halogenated alkanes) is 5. The third-order valence-electron chi connectivity index (χ3n) is 4.21. The van der Waals surface area contributed by atoms with Gasteiger partial charge in [0, 0.05) is 12.3 Å². The van der Waals surface area contributed by atoms with Crippen molar-refractivity contribution in [2.75, 3.05) is 0 Å². The molecule has 1 fully saturated rings. The Hall–Kier alpha value is -1.11. The summed E-state index contributed by atoms with van der Waals surface area (Å²) < 4.78 is 0. The highest BCUT2D eigenvalue weighted by Gasteiger charge is 2.42. The van der Waals surface area contributed by atoms with E-state index < -0.39 is 0 Å². The third-order valence-corrected chi connectivity index (χ3v) is 4.21. The van der Waals surface area contributed by atoms with Gasteiger partial charge in [0.15, 0.2) is 0 Å². The van der Waals surface area contributed by atoms with Crippen molar-refractivity contribution >= 4 is 5.78 Å². The first kappa shape index (κ1) is 14.3. The van der Waals surface area contributed by atoms with Gasteiger partial charge in [-0.25, -0.2) is 0 Å². The Balaban J connectivity index is 1.61. The molecule has 0 saturated heterocycles. The molecule has 1 heteroatoms. The molecule has 1 aromatic rings. The van der Waals surface area contributed by atoms with Gasteiger partial charge in [-0.3, -0.25) is 4.79 Å². The van der Waals surface area contributed by atoms with Gasteiger partial charge < -0.3 is 0 Å². The molecule has 104 valence electrons. The van der Waals surface area contributed by atoms with E-state index in [1.807, 2.05) is 6.07 Å². The Morgan fingerprint density at radius 3 is 2.47 bits per heavy atom. The lowest BCUT2D eigenvalue weighted by Gasteiger charge is -2.02. The van der Waals surface area contributed by atoms with Crippen LogP contribution in [0.15, 0.2) is 30.3 Å². The van der Waals surface area contributed by atoms with E-state index in [0.29, 0.717) is 17.6 Å². The smallest absolute Gasteiger partial charge is 0.136 e. The van der Waals surface area contributed by atoms with Crippen LogP contribution in [0.4, 0.5) is 0 Å². The first-order valence-electron chi connectivity index (χ1n) is 7.90. The van der Waals surface area contributed by atoms with Crippen molar-refractivity contribution in [2.24, 2.45) is 5.92 Å². The summed E-state index contributed by atoms with van der Waals surface area (Å²) in [5.41, 5.74) is 1.35. The number of hydrogen-bond donors (Lipinski definition) is 0. The van der Waals surface area contributed by atoms with E-state index in [9.17, 15) is 4.79 Å². The van der Waals surface area contributed by atoms with Crippen LogP contribution in [0, 0.1) is 5.92 Å². The van der Waals surface area contributed by atoms with Crippen molar-refractivity contribution in [3.05, 3.63) is 35.9 Å². The molecule has 0 radical (unpaired) electrons. The second-order valence-corrected chi connectivity index (χ2v) is 5.84. The Bertz CT molecular complexity index is 382. The Morgan fingerprint density at radius 2 is 1.74 bits per heavy atom. The zero-order chi connectivity index (χ0) is 13.5. The third kappa shape index (κ3) is 4.49. The zero-order valence-electron chi connectivity index (χ0n) is 12.1. The van der Waals surface area contributed by atoms with E-state index in [2.05, 4.69) is 31.2 Å². The molecule has 0 aliphatic heterocycles. The maximum absolute atomic E-state index is 12.1. The number of rotatable bonds is 9. The fourth-order valence-electron chi connectivity index (χ4n) is 2.88. The number of Topliss-reactive ketones (excluding diaryl/α,β-unsaturated/α-hetero) is 1. The number of ketones is 1. The van der Waals surface area contributed by atoms with Crippen LogP contribution in [0.5, 0.6) is 0 Å². The Kier molecular flexibility index (Phi) is 5.62. The molecular weight excluding hydrogens is 232 g/mol. The molecule has 2 atom stereocenters. The van der Waals surface area contributed by atoms with Gasteiger partial charge in [-0.05, 0) is 24.3 Å². The van der Waals surface area contributed by atoms with Crippen molar-refractivity contribution in [1.29, 1.82) is 0 Å². The fraction of sp³-hybridized carbons (Fsp3) is 0.611. The molecule has 1 saturated carbocycles. The number of carbonyl (C=O) groups excluding carboxylic acids is 1. The molecule has 0 spiro atoms. The molecule has 0 heterocycles. The van der Waals surface area contributed by atoms with Crippen LogP contribution >= 0.6 is 0 Å². The molecule has 0 aromatic heterocycles. The molecule has 1 aliphatic rings. The minimum atomic E-state index is 0.332. The SMILES string of the molecule is CCCCCCCCC(=O)C1CC1c1ccccc1. The molecule has 0 bridgehead atoms. The normalized spacial score (nSPS) is 21.3. The molecule has 0 N–H and O–H groups in total. The average Bonchev–Trinajstić information content (AvgIpc) is 3.24. The van der Waals surface area contributed by atoms with E-state index in [1.54, 1.807) is 0 Å². The Morgan fingerprint density at radius 1 is 1.05 bits per heavy atom. The predicted octanol–water partition coefficient (Wildman–Crippen LogP) is 5.11. The van der Waals surface area contributed by atoms with E-state index in [1.165, 1.54) is 37.7 Å². The van der Waals surface area contributed by atoms with Crippen molar-refractivity contribution in [1.82, 2.24) is 0 Å². The quantitative estimate of drug-likeness (QED) is 0.562. The fourth-order valence-corrected chi connectivity index (χ4v) is 2.88. The van der Waals surface area contributed by atoms with Crippen LogP contribution in [0.3, 0.4) is 0 Å². The summed E-state index contributed by atoms with van der Waals surface area (Å²) in [5, 5.41) is 0. The summed E-state index contributed by atoms with van der Waals surface area (Å²) in [6.45, 7) is 2.24. The van der Waals surface area contributed by atoms with Crippen molar-refractivity contribution in [2.45, 2.75) is 64.2 Å². The highest BCUT2D eigenvalue weighted by Crippen LogP contribution is 2.48. The first-order chi connectivity index (χ1) is 9.33. The number of carbonyl (C=O) groups is 1. The number of benzene rings is 1. The number of hydrogen-bond acceptors (Lipinski definition) is 1. The monoisotopic (exact) mass is 258 g/mol. The molecule has 1 aromatic carbocycles. The molecule has 1 aliphatic carbocycles. The second-order valence-electron chi connectivity index (χ2n) is 5.84. The van der Waals surface area contributed by atoms with E-state index >= 15 is 0 Å². The van der Waals surface area contributed by atoms with E-state index in [-0.39, 0.29) is 0 Å². The second kappa shape index (κ2) is 7.47. The molecule has 19 heavy (non-hydrogen) atoms. The lowest BCUT2D eigenvalue weighted by atomic mass is 10.0. The van der Waals surface area contributed by atoms with Crippen molar-refractivity contribution in [3.8, 4) is 0 Å². The van der Waals surface area contributed by atoms with Crippen LogP contribution in [-0.2, 0) is 4.79 Å². The van der Waals surface area contributed by atoms with Gasteiger partial charge in [0.1, 0.15) is 5.78 Å². The molecular formula is C18H26O. The summed E-state index contributed by atoms with van der Waals surface area (Å²) in [6, 6.07) is 10.5. The maximum Gasteiger partial charge on any atom is 0.136 e. The summed E-state index contributed by atoms with van der Waals surface area (Å²) in [7, 11) is 0. The van der Waals surface area contributed by atoms with Crippen molar-refractivity contribution in [3.63, 3.8) is 0 Å². The Labute approximate surface area is 117 Å². The zero-order valence-corrected chi connectivity index (χ0v) is 12.1. The van der Waals surface area contributed by atoms with Gasteiger partial charge in [0.05, 0.1) is 0 Å². The summed E-state index contributed by atoms with van der Waals surface area (Å²) in [4.78, 5) is 12.1. The maximum atomic E-state index is 12.1. The molecule has 2 unspecified atom stereocenters. The van der Waals surface area contributed by atoms with Gasteiger partial charge >= 0.3 is 0 Å². The van der Waals surface area contributed by atoms with Crippen LogP contribution in [0.1, 0.15) is 69.8 Å².